The summed E-state index contributed by atoms with van der Waals surface area (Å²) in [5.74, 6) is -3.94. The van der Waals surface area contributed by atoms with Gasteiger partial charge in [0.25, 0.3) is 0 Å². The number of fused-ring (bicyclic) bond motifs is 1. The molecule has 0 saturated carbocycles. The zero-order chi connectivity index (χ0) is 68.6. The summed E-state index contributed by atoms with van der Waals surface area (Å²) >= 11 is 0. The molecule has 0 aliphatic carbocycles. The summed E-state index contributed by atoms with van der Waals surface area (Å²) in [6, 6.07) is 36.8. The molecule has 0 aliphatic heterocycles. The van der Waals surface area contributed by atoms with Crippen LogP contribution in [0.3, 0.4) is 0 Å². The molecule has 1 N–H and O–H groups in total. The van der Waals surface area contributed by atoms with Crippen molar-refractivity contribution >= 4 is 58.9 Å². The molecule has 25 heteroatoms. The summed E-state index contributed by atoms with van der Waals surface area (Å²) in [5, 5.41) is 11.4. The second kappa shape index (κ2) is 31.3. The van der Waals surface area contributed by atoms with Crippen LogP contribution >= 0.6 is 0 Å². The number of nitrogens with zero attached hydrogens (tertiary/aromatic N) is 1. The predicted octanol–water partition coefficient (Wildman–Crippen LogP) is 11.0. The van der Waals surface area contributed by atoms with Gasteiger partial charge in [-0.25, -0.2) is 43.3 Å². The van der Waals surface area contributed by atoms with E-state index in [0.29, 0.717) is 50.2 Å². The molecule has 0 spiro atoms. The summed E-state index contributed by atoms with van der Waals surface area (Å²) < 4.78 is 82.6. The number of aromatic hydroxyl groups is 1. The Morgan fingerprint density at radius 1 is 0.302 bits per heavy atom. The van der Waals surface area contributed by atoms with Crippen LogP contribution in [-0.4, -0.2) is 115 Å². The van der Waals surface area contributed by atoms with Crippen molar-refractivity contribution in [3.05, 3.63) is 223 Å². The van der Waals surface area contributed by atoms with Gasteiger partial charge in [0.05, 0.1) is 107 Å². The fourth-order valence-corrected chi connectivity index (χ4v) is 9.64. The minimum atomic E-state index is -0.688. The van der Waals surface area contributed by atoms with E-state index >= 15 is 0 Å². The summed E-state index contributed by atoms with van der Waals surface area (Å²) in [5.41, 5.74) is 4.46. The van der Waals surface area contributed by atoms with Crippen LogP contribution < -0.4 is 28.4 Å². The molecular formula is C71H61NO24. The van der Waals surface area contributed by atoms with Gasteiger partial charge in [-0.15, -0.1) is 0 Å². The molecule has 0 aliphatic rings. The quantitative estimate of drug-likeness (QED) is 0.0369. The molecule has 8 aromatic carbocycles. The van der Waals surface area contributed by atoms with Crippen molar-refractivity contribution in [2.75, 3.05) is 56.9 Å². The molecule has 96 heavy (non-hydrogen) atoms. The standard InChI is InChI=1S/C71H61NO24/c1-82-64(74)45-13-39(14-46(25-45)65(75)83-2)33-92-55-21-43(22-56(29-55)93-34-40-15-47(66(76)84-3)26-48(16-40)67(77)85-4)37-90-53-10-12-62-60(31-53)72-63(96-62)59-11-9-54(32-61(59)73)91-38-44-23-57(94-35-41-17-49(68(78)86-5)27-50(18-41)69(79)87-6)30-58(24-44)95-36-42-19-51(70(80)88-7)28-52(20-42)71(81)89-8/h9-32,73H,33-38H2,1-8H3. The monoisotopic (exact) mass is 1310 g/mol. The SMILES string of the molecule is COC(=O)c1cc(COc2cc(COc3ccc(-c4nc5cc(OCc6cc(OCc7cc(C(=O)OC)cc(C(=O)OC)c7)cc(OCc7cc(C(=O)OC)cc(C(=O)OC)c7)c6)ccc5o4)c(O)c3)cc(OCc3cc(C(=O)OC)cc(C(=O)OC)c3)c2)cc(C(=O)OC)c1. The van der Waals surface area contributed by atoms with Crippen LogP contribution in [0.5, 0.6) is 40.2 Å². The average molecular weight is 1310 g/mol. The second-order valence-electron chi connectivity index (χ2n) is 20.8. The Kier molecular flexibility index (Phi) is 22.1. The fraction of sp³-hybridized carbons (Fsp3) is 0.197. The van der Waals surface area contributed by atoms with E-state index in [1.165, 1.54) is 136 Å². The van der Waals surface area contributed by atoms with Gasteiger partial charge >= 0.3 is 47.8 Å². The van der Waals surface area contributed by atoms with Crippen LogP contribution in [0.25, 0.3) is 22.6 Å². The number of ether oxygens (including phenoxy) is 14. The Morgan fingerprint density at radius 2 is 0.552 bits per heavy atom. The predicted molar refractivity (Wildman–Crippen MR) is 336 cm³/mol. The van der Waals surface area contributed by atoms with E-state index in [9.17, 15) is 43.5 Å². The van der Waals surface area contributed by atoms with Crippen LogP contribution in [0.2, 0.25) is 0 Å². The third-order valence-electron chi connectivity index (χ3n) is 14.2. The minimum Gasteiger partial charge on any atom is -0.507 e. The van der Waals surface area contributed by atoms with Crippen molar-refractivity contribution in [1.29, 1.82) is 0 Å². The minimum absolute atomic E-state index is 0.0509. The van der Waals surface area contributed by atoms with E-state index < -0.39 is 47.8 Å². The first-order chi connectivity index (χ1) is 46.3. The van der Waals surface area contributed by atoms with Gasteiger partial charge in [0.15, 0.2) is 5.58 Å². The molecule has 25 nitrogen and oxygen atoms in total. The topological polar surface area (TPSA) is 312 Å². The van der Waals surface area contributed by atoms with Gasteiger partial charge in [0.2, 0.25) is 5.89 Å². The van der Waals surface area contributed by atoms with Gasteiger partial charge in [-0.3, -0.25) is 0 Å². The first-order valence-corrected chi connectivity index (χ1v) is 28.8. The molecule has 9 aromatic rings. The summed E-state index contributed by atoms with van der Waals surface area (Å²) in [6.45, 7) is -0.699. The second-order valence-corrected chi connectivity index (χ2v) is 20.8. The molecule has 1 aromatic heterocycles. The number of hydrogen-bond acceptors (Lipinski definition) is 25. The Morgan fingerprint density at radius 3 is 0.823 bits per heavy atom. The lowest BCUT2D eigenvalue weighted by Gasteiger charge is -2.15. The maximum Gasteiger partial charge on any atom is 0.337 e. The highest BCUT2D eigenvalue weighted by Crippen LogP contribution is 2.36. The number of hydrogen-bond donors (Lipinski definition) is 1. The van der Waals surface area contributed by atoms with Gasteiger partial charge in [0.1, 0.15) is 85.4 Å². The number of carbonyl (C=O) groups excluding carboxylic acids is 8. The number of methoxy groups -OCH3 is 8. The van der Waals surface area contributed by atoms with Crippen molar-refractivity contribution in [3.8, 4) is 51.7 Å². The maximum atomic E-state index is 12.6. The highest BCUT2D eigenvalue weighted by Gasteiger charge is 2.21. The molecule has 9 rings (SSSR count). The van der Waals surface area contributed by atoms with Crippen LogP contribution in [0.1, 0.15) is 116 Å². The van der Waals surface area contributed by atoms with Gasteiger partial charge in [-0.05, 0) is 155 Å². The zero-order valence-electron chi connectivity index (χ0n) is 52.9. The van der Waals surface area contributed by atoms with E-state index in [2.05, 4.69) is 4.98 Å². The Balaban J connectivity index is 0.929. The first-order valence-electron chi connectivity index (χ1n) is 28.8. The summed E-state index contributed by atoms with van der Waals surface area (Å²) in [4.78, 5) is 105. The lowest BCUT2D eigenvalue weighted by atomic mass is 10.1. The third-order valence-corrected chi connectivity index (χ3v) is 14.2. The number of carbonyl (C=O) groups is 8. The molecule has 0 fully saturated rings. The van der Waals surface area contributed by atoms with Gasteiger partial charge in [-0.2, -0.15) is 0 Å². The van der Waals surface area contributed by atoms with Crippen molar-refractivity contribution in [3.63, 3.8) is 0 Å². The Labute approximate surface area is 547 Å². The zero-order valence-corrected chi connectivity index (χ0v) is 52.9. The molecule has 0 unspecified atom stereocenters. The molecular weight excluding hydrogens is 1250 g/mol. The number of phenolic OH excluding ortho intramolecular Hbond substituents is 1. The van der Waals surface area contributed by atoms with Gasteiger partial charge in [-0.1, -0.05) is 0 Å². The third kappa shape index (κ3) is 17.2. The summed E-state index contributed by atoms with van der Waals surface area (Å²) in [7, 11) is 9.68. The fourth-order valence-electron chi connectivity index (χ4n) is 9.64. The molecule has 1 heterocycles. The van der Waals surface area contributed by atoms with Crippen LogP contribution in [0.15, 0.2) is 150 Å². The van der Waals surface area contributed by atoms with E-state index in [1.54, 1.807) is 66.7 Å². The number of benzene rings is 8. The molecule has 0 radical (unpaired) electrons. The van der Waals surface area contributed by atoms with Crippen LogP contribution in [-0.2, 0) is 77.5 Å². The lowest BCUT2D eigenvalue weighted by molar-refractivity contribution is 0.0581. The normalized spacial score (nSPS) is 10.7. The Hall–Kier alpha value is -12.4. The summed E-state index contributed by atoms with van der Waals surface area (Å²) in [6.07, 6.45) is 0. The Bertz CT molecular complexity index is 4110. The maximum absolute atomic E-state index is 12.6. The molecule has 0 bridgehead atoms. The molecule has 0 amide bonds. The van der Waals surface area contributed by atoms with Crippen molar-refractivity contribution in [2.24, 2.45) is 0 Å². The number of aromatic nitrogens is 1. The van der Waals surface area contributed by atoms with E-state index in [0.717, 1.165) is 0 Å². The number of esters is 8. The molecule has 494 valence electrons. The van der Waals surface area contributed by atoms with Gasteiger partial charge < -0.3 is 75.8 Å². The molecule has 0 atom stereocenters. The highest BCUT2D eigenvalue weighted by atomic mass is 16.6. The largest absolute Gasteiger partial charge is 0.507 e. The average Bonchev–Trinajstić information content (AvgIpc) is 1.57. The molecule has 0 saturated heterocycles. The van der Waals surface area contributed by atoms with Crippen LogP contribution in [0.4, 0.5) is 0 Å². The smallest absolute Gasteiger partial charge is 0.337 e. The van der Waals surface area contributed by atoms with Crippen molar-refractivity contribution in [1.82, 2.24) is 4.98 Å². The number of phenols is 1. The first kappa shape index (κ1) is 68.0. The van der Waals surface area contributed by atoms with E-state index in [4.69, 9.17) is 70.7 Å². The number of rotatable bonds is 27. The van der Waals surface area contributed by atoms with E-state index in [1.807, 2.05) is 0 Å². The van der Waals surface area contributed by atoms with Crippen molar-refractivity contribution < 1.29 is 114 Å². The van der Waals surface area contributed by atoms with E-state index in [-0.39, 0.29) is 130 Å². The van der Waals surface area contributed by atoms with Gasteiger partial charge in [0, 0.05) is 24.3 Å². The highest BCUT2D eigenvalue weighted by molar-refractivity contribution is 5.98. The van der Waals surface area contributed by atoms with Crippen LogP contribution in [0, 0.1) is 0 Å². The van der Waals surface area contributed by atoms with Crippen molar-refractivity contribution in [2.45, 2.75) is 39.6 Å². The number of oxazole rings is 1. The lowest BCUT2D eigenvalue weighted by Crippen LogP contribution is -2.09.